The molecule has 0 aliphatic carbocycles. The molecule has 0 aliphatic heterocycles. The van der Waals surface area contributed by atoms with Crippen LogP contribution in [0.25, 0.3) is 0 Å². The second kappa shape index (κ2) is 12.7. The maximum Gasteiger partial charge on any atom is 0.200 e. The molecular formula is C23H43NO2Si. The zero-order valence-electron chi connectivity index (χ0n) is 18.5. The van der Waals surface area contributed by atoms with Gasteiger partial charge in [0, 0.05) is 12.6 Å². The van der Waals surface area contributed by atoms with Gasteiger partial charge in [0.15, 0.2) is 8.32 Å². The number of aliphatic hydroxyl groups excluding tert-OH is 1. The van der Waals surface area contributed by atoms with E-state index in [0.29, 0.717) is 16.6 Å². The van der Waals surface area contributed by atoms with E-state index < -0.39 is 8.32 Å². The lowest BCUT2D eigenvalue weighted by Gasteiger charge is -2.42. The predicted octanol–water partition coefficient (Wildman–Crippen LogP) is 5.54. The highest BCUT2D eigenvalue weighted by Gasteiger charge is 2.44. The predicted molar refractivity (Wildman–Crippen MR) is 120 cm³/mol. The van der Waals surface area contributed by atoms with Crippen molar-refractivity contribution in [2.24, 2.45) is 0 Å². The van der Waals surface area contributed by atoms with Gasteiger partial charge in [-0.15, -0.1) is 0 Å². The second-order valence-corrected chi connectivity index (χ2v) is 14.2. The van der Waals surface area contributed by atoms with Crippen LogP contribution in [0.15, 0.2) is 30.3 Å². The quantitative estimate of drug-likeness (QED) is 0.322. The number of rotatable bonds is 14. The van der Waals surface area contributed by atoms with Crippen LogP contribution >= 0.6 is 0 Å². The van der Waals surface area contributed by atoms with E-state index in [4.69, 9.17) is 4.43 Å². The summed E-state index contributed by atoms with van der Waals surface area (Å²) in [6.07, 6.45) is 4.32. The first-order chi connectivity index (χ1) is 12.8. The van der Waals surface area contributed by atoms with E-state index >= 15 is 0 Å². The third-order valence-electron chi connectivity index (χ3n) is 5.86. The fraction of sp³-hybridized carbons (Fsp3) is 0.739. The Labute approximate surface area is 169 Å². The summed E-state index contributed by atoms with van der Waals surface area (Å²) in [4.78, 5) is 0. The van der Waals surface area contributed by atoms with E-state index in [2.05, 4.69) is 71.1 Å². The average molecular weight is 394 g/mol. The minimum atomic E-state index is -1.71. The second-order valence-electron chi connectivity index (χ2n) is 8.75. The lowest BCUT2D eigenvalue weighted by molar-refractivity contribution is 0.239. The van der Waals surface area contributed by atoms with Crippen LogP contribution in [0, 0.1) is 0 Å². The molecule has 1 rings (SSSR count). The highest BCUT2D eigenvalue weighted by atomic mass is 28.4. The SMILES string of the molecule is CC(C)[Si](OCCCCCNC(CO)Cc1ccccc1)(C(C)C)C(C)C. The van der Waals surface area contributed by atoms with Gasteiger partial charge in [-0.1, -0.05) is 71.9 Å². The number of nitrogens with one attached hydrogen (secondary N) is 1. The van der Waals surface area contributed by atoms with Crippen LogP contribution in [-0.4, -0.2) is 39.2 Å². The Morgan fingerprint density at radius 3 is 2.00 bits per heavy atom. The Bertz CT molecular complexity index is 469. The number of unbranched alkanes of at least 4 members (excludes halogenated alkanes) is 2. The molecule has 27 heavy (non-hydrogen) atoms. The molecule has 0 bridgehead atoms. The van der Waals surface area contributed by atoms with Crippen LogP contribution in [0.4, 0.5) is 0 Å². The van der Waals surface area contributed by atoms with Gasteiger partial charge in [0.25, 0.3) is 0 Å². The fourth-order valence-corrected chi connectivity index (χ4v) is 10.1. The summed E-state index contributed by atoms with van der Waals surface area (Å²) in [7, 11) is -1.71. The van der Waals surface area contributed by atoms with Gasteiger partial charge in [-0.3, -0.25) is 0 Å². The van der Waals surface area contributed by atoms with Crippen molar-refractivity contribution in [1.82, 2.24) is 5.32 Å². The Hall–Kier alpha value is -0.683. The van der Waals surface area contributed by atoms with Crippen LogP contribution in [0.2, 0.25) is 16.6 Å². The molecule has 0 radical (unpaired) electrons. The van der Waals surface area contributed by atoms with Crippen LogP contribution in [0.1, 0.15) is 66.4 Å². The van der Waals surface area contributed by atoms with Crippen molar-refractivity contribution >= 4 is 8.32 Å². The molecule has 0 saturated carbocycles. The van der Waals surface area contributed by atoms with E-state index in [9.17, 15) is 5.11 Å². The van der Waals surface area contributed by atoms with Crippen molar-refractivity contribution in [3.63, 3.8) is 0 Å². The third-order valence-corrected chi connectivity index (χ3v) is 12.0. The summed E-state index contributed by atoms with van der Waals surface area (Å²) in [6.45, 7) is 16.1. The molecule has 0 spiro atoms. The molecule has 0 fully saturated rings. The summed E-state index contributed by atoms with van der Waals surface area (Å²) in [5.74, 6) is 0. The average Bonchev–Trinajstić information content (AvgIpc) is 2.62. The van der Waals surface area contributed by atoms with Gasteiger partial charge in [-0.25, -0.2) is 0 Å². The standard InChI is InChI=1S/C23H43NO2Si/c1-19(2)27(20(3)4,21(5)6)26-16-12-8-11-15-24-23(18-25)17-22-13-9-7-10-14-22/h7,9-10,13-14,19-21,23-25H,8,11-12,15-18H2,1-6H3. The molecule has 1 aromatic carbocycles. The largest absolute Gasteiger partial charge is 0.416 e. The van der Waals surface area contributed by atoms with Crippen molar-refractivity contribution in [1.29, 1.82) is 0 Å². The first-order valence-electron chi connectivity index (χ1n) is 10.9. The van der Waals surface area contributed by atoms with Gasteiger partial charge in [-0.2, -0.15) is 0 Å². The molecule has 0 aromatic heterocycles. The molecule has 4 heteroatoms. The number of hydrogen-bond donors (Lipinski definition) is 2. The highest BCUT2D eigenvalue weighted by Crippen LogP contribution is 2.42. The van der Waals surface area contributed by atoms with Gasteiger partial charge in [0.05, 0.1) is 6.61 Å². The molecule has 0 aliphatic rings. The monoisotopic (exact) mass is 393 g/mol. The zero-order valence-corrected chi connectivity index (χ0v) is 19.5. The van der Waals surface area contributed by atoms with E-state index in [1.165, 1.54) is 12.0 Å². The lowest BCUT2D eigenvalue weighted by atomic mass is 10.1. The van der Waals surface area contributed by atoms with E-state index in [0.717, 1.165) is 32.4 Å². The smallest absolute Gasteiger partial charge is 0.200 e. The third kappa shape index (κ3) is 7.69. The van der Waals surface area contributed by atoms with Gasteiger partial charge < -0.3 is 14.8 Å². The minimum absolute atomic E-state index is 0.145. The minimum Gasteiger partial charge on any atom is -0.416 e. The van der Waals surface area contributed by atoms with Crippen molar-refractivity contribution in [3.8, 4) is 0 Å². The van der Waals surface area contributed by atoms with Crippen molar-refractivity contribution in [2.45, 2.75) is 89.9 Å². The summed E-state index contributed by atoms with van der Waals surface area (Å²) in [5, 5.41) is 13.1. The molecule has 156 valence electrons. The van der Waals surface area contributed by atoms with Crippen molar-refractivity contribution < 1.29 is 9.53 Å². The zero-order chi connectivity index (χ0) is 20.3. The molecule has 3 nitrogen and oxygen atoms in total. The van der Waals surface area contributed by atoms with Crippen LogP contribution in [0.5, 0.6) is 0 Å². The van der Waals surface area contributed by atoms with E-state index in [1.807, 2.05) is 6.07 Å². The molecule has 1 unspecified atom stereocenters. The molecule has 0 amide bonds. The molecule has 0 saturated heterocycles. The topological polar surface area (TPSA) is 41.5 Å². The number of hydrogen-bond acceptors (Lipinski definition) is 3. The van der Waals surface area contributed by atoms with Gasteiger partial charge in [0.2, 0.25) is 0 Å². The highest BCUT2D eigenvalue weighted by molar-refractivity contribution is 6.77. The Kier molecular flexibility index (Phi) is 11.5. The number of benzene rings is 1. The molecular weight excluding hydrogens is 350 g/mol. The number of aliphatic hydroxyl groups is 1. The first-order valence-corrected chi connectivity index (χ1v) is 13.0. The lowest BCUT2D eigenvalue weighted by Crippen LogP contribution is -2.47. The van der Waals surface area contributed by atoms with Gasteiger partial charge in [-0.05, 0) is 54.4 Å². The first kappa shape index (κ1) is 24.4. The fourth-order valence-electron chi connectivity index (χ4n) is 4.56. The summed E-state index contributed by atoms with van der Waals surface area (Å²) < 4.78 is 6.62. The van der Waals surface area contributed by atoms with Gasteiger partial charge in [0.1, 0.15) is 0 Å². The maximum absolute atomic E-state index is 9.60. The molecule has 2 N–H and O–H groups in total. The van der Waals surface area contributed by atoms with Crippen molar-refractivity contribution in [3.05, 3.63) is 35.9 Å². The molecule has 1 aromatic rings. The molecule has 1 atom stereocenters. The van der Waals surface area contributed by atoms with E-state index in [-0.39, 0.29) is 12.6 Å². The van der Waals surface area contributed by atoms with Crippen LogP contribution in [0.3, 0.4) is 0 Å². The summed E-state index contributed by atoms with van der Waals surface area (Å²) in [6, 6.07) is 10.5. The van der Waals surface area contributed by atoms with Crippen LogP contribution < -0.4 is 5.32 Å². The maximum atomic E-state index is 9.60. The molecule has 0 heterocycles. The van der Waals surface area contributed by atoms with E-state index in [1.54, 1.807) is 0 Å². The summed E-state index contributed by atoms with van der Waals surface area (Å²) >= 11 is 0. The van der Waals surface area contributed by atoms with Crippen LogP contribution in [-0.2, 0) is 10.8 Å². The van der Waals surface area contributed by atoms with Crippen molar-refractivity contribution in [2.75, 3.05) is 19.8 Å². The summed E-state index contributed by atoms with van der Waals surface area (Å²) in [5.41, 5.74) is 3.24. The normalized spacial score (nSPS) is 13.7. The Morgan fingerprint density at radius 2 is 1.48 bits per heavy atom. The Balaban J connectivity index is 2.27. The van der Waals surface area contributed by atoms with Gasteiger partial charge >= 0.3 is 0 Å². The Morgan fingerprint density at radius 1 is 0.889 bits per heavy atom.